The minimum Gasteiger partial charge on any atom is -0.365 e. The Morgan fingerprint density at radius 2 is 1.91 bits per heavy atom. The quantitative estimate of drug-likeness (QED) is 0.763. The summed E-state index contributed by atoms with van der Waals surface area (Å²) in [5, 5.41) is 6.09. The normalized spacial score (nSPS) is 10.8. The van der Waals surface area contributed by atoms with Crippen LogP contribution in [0.15, 0.2) is 29.6 Å². The van der Waals surface area contributed by atoms with Crippen LogP contribution >= 0.6 is 22.7 Å². The topological polar surface area (TPSA) is 72.2 Å². The van der Waals surface area contributed by atoms with Crippen molar-refractivity contribution in [2.75, 3.05) is 5.32 Å². The molecule has 2 aromatic heterocycles. The molecule has 0 atom stereocenters. The summed E-state index contributed by atoms with van der Waals surface area (Å²) in [4.78, 5) is 25.1. The summed E-state index contributed by atoms with van der Waals surface area (Å²) in [6.45, 7) is 3.74. The molecule has 0 radical (unpaired) electrons. The largest absolute Gasteiger partial charge is 0.365 e. The van der Waals surface area contributed by atoms with Crippen molar-refractivity contribution < 1.29 is 9.59 Å². The molecular weight excluding hydrogens is 316 g/mol. The van der Waals surface area contributed by atoms with Gasteiger partial charge in [0.1, 0.15) is 5.00 Å². The molecule has 0 unspecified atom stereocenters. The lowest BCUT2D eigenvalue weighted by Crippen LogP contribution is -2.17. The van der Waals surface area contributed by atoms with Crippen LogP contribution in [-0.2, 0) is 0 Å². The molecule has 3 N–H and O–H groups in total. The molecule has 0 aliphatic heterocycles. The maximum Gasteiger partial charge on any atom is 0.257 e. The third kappa shape index (κ3) is 2.40. The first-order chi connectivity index (χ1) is 10.5. The standard InChI is InChI=1S/C16H14N2O2S2/c1-8-9(2)22-16(13(8)14(17)19)18-15(20)11-7-21-12-6-4-3-5-10(11)12/h3-7H,1-2H3,(H2,17,19)(H,18,20). The van der Waals surface area contributed by atoms with Crippen LogP contribution in [0.3, 0.4) is 0 Å². The molecule has 3 aromatic rings. The average Bonchev–Trinajstić information content (AvgIpc) is 3.01. The minimum atomic E-state index is -0.521. The molecule has 0 spiro atoms. The molecule has 2 heterocycles. The number of rotatable bonds is 3. The molecule has 2 amide bonds. The lowest BCUT2D eigenvalue weighted by Gasteiger charge is -2.04. The zero-order valence-corrected chi connectivity index (χ0v) is 13.7. The van der Waals surface area contributed by atoms with Crippen molar-refractivity contribution in [1.82, 2.24) is 0 Å². The Balaban J connectivity index is 1.99. The van der Waals surface area contributed by atoms with Crippen LogP contribution in [0.5, 0.6) is 0 Å². The highest BCUT2D eigenvalue weighted by Crippen LogP contribution is 2.33. The number of fused-ring (bicyclic) bond motifs is 1. The number of aryl methyl sites for hydroxylation is 1. The summed E-state index contributed by atoms with van der Waals surface area (Å²) in [6, 6.07) is 7.74. The van der Waals surface area contributed by atoms with E-state index in [1.807, 2.05) is 43.5 Å². The van der Waals surface area contributed by atoms with Gasteiger partial charge in [-0.15, -0.1) is 22.7 Å². The summed E-state index contributed by atoms with van der Waals surface area (Å²) < 4.78 is 1.06. The van der Waals surface area contributed by atoms with Crippen LogP contribution in [0, 0.1) is 13.8 Å². The maximum absolute atomic E-state index is 12.5. The smallest absolute Gasteiger partial charge is 0.257 e. The van der Waals surface area contributed by atoms with Crippen molar-refractivity contribution in [2.45, 2.75) is 13.8 Å². The molecule has 0 aliphatic carbocycles. The highest BCUT2D eigenvalue weighted by molar-refractivity contribution is 7.18. The number of carbonyl (C=O) groups excluding carboxylic acids is 2. The van der Waals surface area contributed by atoms with Gasteiger partial charge in [0, 0.05) is 20.3 Å². The van der Waals surface area contributed by atoms with Crippen LogP contribution in [0.25, 0.3) is 10.1 Å². The molecular formula is C16H14N2O2S2. The molecule has 0 saturated heterocycles. The number of nitrogens with one attached hydrogen (secondary N) is 1. The predicted octanol–water partition coefficient (Wildman–Crippen LogP) is 3.93. The van der Waals surface area contributed by atoms with Gasteiger partial charge in [-0.1, -0.05) is 18.2 Å². The first-order valence-corrected chi connectivity index (χ1v) is 8.36. The summed E-state index contributed by atoms with van der Waals surface area (Å²) in [5.41, 5.74) is 7.26. The van der Waals surface area contributed by atoms with Gasteiger partial charge in [-0.05, 0) is 25.5 Å². The fourth-order valence-electron chi connectivity index (χ4n) is 2.34. The Labute approximate surface area is 135 Å². The summed E-state index contributed by atoms with van der Waals surface area (Å²) in [6.07, 6.45) is 0. The van der Waals surface area contributed by atoms with Gasteiger partial charge >= 0.3 is 0 Å². The number of carbonyl (C=O) groups is 2. The van der Waals surface area contributed by atoms with Crippen molar-refractivity contribution >= 4 is 49.6 Å². The molecule has 1 aromatic carbocycles. The number of primary amides is 1. The zero-order valence-electron chi connectivity index (χ0n) is 12.1. The lowest BCUT2D eigenvalue weighted by atomic mass is 10.1. The molecule has 0 saturated carbocycles. The van der Waals surface area contributed by atoms with E-state index in [1.165, 1.54) is 22.7 Å². The molecule has 22 heavy (non-hydrogen) atoms. The van der Waals surface area contributed by atoms with Crippen LogP contribution < -0.4 is 11.1 Å². The third-order valence-corrected chi connectivity index (χ3v) is 5.67. The summed E-state index contributed by atoms with van der Waals surface area (Å²) >= 11 is 2.89. The SMILES string of the molecule is Cc1sc(NC(=O)c2csc3ccccc23)c(C(N)=O)c1C. The molecule has 3 rings (SSSR count). The number of benzene rings is 1. The Bertz CT molecular complexity index is 893. The Kier molecular flexibility index (Phi) is 3.72. The van der Waals surface area contributed by atoms with Gasteiger partial charge in [0.05, 0.1) is 11.1 Å². The predicted molar refractivity (Wildman–Crippen MR) is 92.1 cm³/mol. The van der Waals surface area contributed by atoms with Crippen molar-refractivity contribution in [1.29, 1.82) is 0 Å². The van der Waals surface area contributed by atoms with E-state index in [-0.39, 0.29) is 5.91 Å². The van der Waals surface area contributed by atoms with E-state index in [2.05, 4.69) is 5.32 Å². The Hall–Kier alpha value is -2.18. The minimum absolute atomic E-state index is 0.221. The van der Waals surface area contributed by atoms with Gasteiger partial charge in [-0.3, -0.25) is 9.59 Å². The van der Waals surface area contributed by atoms with E-state index in [4.69, 9.17) is 5.73 Å². The number of thiophene rings is 2. The van der Waals surface area contributed by atoms with Crippen LogP contribution in [-0.4, -0.2) is 11.8 Å². The van der Waals surface area contributed by atoms with Crippen LogP contribution in [0.1, 0.15) is 31.2 Å². The van der Waals surface area contributed by atoms with Gasteiger partial charge in [-0.25, -0.2) is 0 Å². The van der Waals surface area contributed by atoms with Crippen molar-refractivity contribution in [3.05, 3.63) is 51.2 Å². The Morgan fingerprint density at radius 1 is 1.18 bits per heavy atom. The first-order valence-electron chi connectivity index (χ1n) is 6.66. The summed E-state index contributed by atoms with van der Waals surface area (Å²) in [5.74, 6) is -0.742. The number of hydrogen-bond donors (Lipinski definition) is 2. The second-order valence-corrected chi connectivity index (χ2v) is 7.09. The van der Waals surface area contributed by atoms with Gasteiger partial charge in [-0.2, -0.15) is 0 Å². The van der Waals surface area contributed by atoms with E-state index in [0.717, 1.165) is 20.5 Å². The van der Waals surface area contributed by atoms with Crippen molar-refractivity contribution in [3.8, 4) is 0 Å². The molecule has 0 fully saturated rings. The van der Waals surface area contributed by atoms with Gasteiger partial charge in [0.25, 0.3) is 11.8 Å². The van der Waals surface area contributed by atoms with Gasteiger partial charge in [0.15, 0.2) is 0 Å². The number of nitrogens with two attached hydrogens (primary N) is 1. The second-order valence-electron chi connectivity index (χ2n) is 4.95. The maximum atomic E-state index is 12.5. The first kappa shape index (κ1) is 14.7. The van der Waals surface area contributed by atoms with Crippen molar-refractivity contribution in [2.24, 2.45) is 5.73 Å². The van der Waals surface area contributed by atoms with Gasteiger partial charge < -0.3 is 11.1 Å². The molecule has 6 heteroatoms. The Morgan fingerprint density at radius 3 is 2.64 bits per heavy atom. The third-order valence-electron chi connectivity index (χ3n) is 3.58. The highest BCUT2D eigenvalue weighted by atomic mass is 32.1. The molecule has 0 bridgehead atoms. The second kappa shape index (κ2) is 5.55. The van der Waals surface area contributed by atoms with Crippen LogP contribution in [0.2, 0.25) is 0 Å². The number of hydrogen-bond acceptors (Lipinski definition) is 4. The van der Waals surface area contributed by atoms with E-state index in [0.29, 0.717) is 16.1 Å². The van der Waals surface area contributed by atoms with E-state index in [1.54, 1.807) is 0 Å². The van der Waals surface area contributed by atoms with Crippen molar-refractivity contribution in [3.63, 3.8) is 0 Å². The van der Waals surface area contributed by atoms with Crippen LogP contribution in [0.4, 0.5) is 5.00 Å². The highest BCUT2D eigenvalue weighted by Gasteiger charge is 2.20. The van der Waals surface area contributed by atoms with E-state index >= 15 is 0 Å². The lowest BCUT2D eigenvalue weighted by molar-refractivity contribution is 0.100. The average molecular weight is 330 g/mol. The monoisotopic (exact) mass is 330 g/mol. The molecule has 0 aliphatic rings. The zero-order chi connectivity index (χ0) is 15.9. The fourth-order valence-corrected chi connectivity index (χ4v) is 4.34. The van der Waals surface area contributed by atoms with E-state index in [9.17, 15) is 9.59 Å². The molecule has 4 nitrogen and oxygen atoms in total. The van der Waals surface area contributed by atoms with Gasteiger partial charge in [0.2, 0.25) is 0 Å². The number of anilines is 1. The molecule has 112 valence electrons. The fraction of sp³-hybridized carbons (Fsp3) is 0.125. The van der Waals surface area contributed by atoms with E-state index < -0.39 is 5.91 Å². The summed E-state index contributed by atoms with van der Waals surface area (Å²) in [7, 11) is 0. The number of amides is 2.